The van der Waals surface area contributed by atoms with Crippen molar-refractivity contribution < 1.29 is 9.21 Å². The Bertz CT molecular complexity index is 1410. The molecular formula is C23H18Cl2N4O4. The second kappa shape index (κ2) is 9.40. The molecule has 0 saturated heterocycles. The van der Waals surface area contributed by atoms with Crippen LogP contribution >= 0.6 is 23.2 Å². The minimum absolute atomic E-state index is 0.0651. The highest BCUT2D eigenvalue weighted by Crippen LogP contribution is 2.27. The van der Waals surface area contributed by atoms with E-state index in [0.717, 1.165) is 10.5 Å². The summed E-state index contributed by atoms with van der Waals surface area (Å²) < 4.78 is 6.57. The third-order valence-electron chi connectivity index (χ3n) is 4.97. The van der Waals surface area contributed by atoms with Crippen LogP contribution in [-0.4, -0.2) is 15.5 Å². The number of nitrogen functional groups attached to an aromatic ring is 1. The van der Waals surface area contributed by atoms with E-state index in [1.807, 2.05) is 30.3 Å². The summed E-state index contributed by atoms with van der Waals surface area (Å²) in [7, 11) is 0. The smallest absolute Gasteiger partial charge is 0.330 e. The van der Waals surface area contributed by atoms with E-state index in [0.29, 0.717) is 5.76 Å². The molecule has 0 atom stereocenters. The molecule has 2 aromatic carbocycles. The molecule has 2 heterocycles. The number of anilines is 2. The van der Waals surface area contributed by atoms with Gasteiger partial charge in [0.15, 0.2) is 5.69 Å². The number of nitrogens with two attached hydrogens (primary N) is 1. The lowest BCUT2D eigenvalue weighted by Crippen LogP contribution is -2.41. The first kappa shape index (κ1) is 22.4. The minimum Gasteiger partial charge on any atom is -0.467 e. The van der Waals surface area contributed by atoms with Crippen molar-refractivity contribution in [3.63, 3.8) is 0 Å². The van der Waals surface area contributed by atoms with Crippen molar-refractivity contribution in [2.45, 2.75) is 13.1 Å². The summed E-state index contributed by atoms with van der Waals surface area (Å²) in [6, 6.07) is 16.8. The molecule has 0 aliphatic rings. The molecule has 2 aromatic heterocycles. The molecule has 0 saturated carbocycles. The van der Waals surface area contributed by atoms with Crippen LogP contribution in [0.1, 0.15) is 21.7 Å². The highest BCUT2D eigenvalue weighted by Gasteiger charge is 2.28. The second-order valence-electron chi connectivity index (χ2n) is 7.16. The Morgan fingerprint density at radius 3 is 2.52 bits per heavy atom. The van der Waals surface area contributed by atoms with Crippen LogP contribution in [0.4, 0.5) is 11.5 Å². The van der Waals surface area contributed by atoms with E-state index in [2.05, 4.69) is 4.98 Å². The molecule has 0 aliphatic carbocycles. The van der Waals surface area contributed by atoms with Crippen LogP contribution in [0.5, 0.6) is 0 Å². The standard InChI is InChI=1S/C23H18Cl2N4O4/c24-15-8-9-18(25)17(11-15)22(31)28(13-16-7-4-10-33-16)19-20(26)29(23(32)27-21(19)30)12-14-5-2-1-3-6-14/h1-11H,12-13,26H2,(H,27,30,32). The number of aromatic nitrogens is 2. The van der Waals surface area contributed by atoms with Crippen molar-refractivity contribution in [2.24, 2.45) is 0 Å². The lowest BCUT2D eigenvalue weighted by Gasteiger charge is -2.24. The Labute approximate surface area is 197 Å². The maximum Gasteiger partial charge on any atom is 0.330 e. The number of rotatable bonds is 6. The molecule has 0 radical (unpaired) electrons. The number of nitrogens with zero attached hydrogens (tertiary/aromatic N) is 2. The van der Waals surface area contributed by atoms with Crippen LogP contribution in [0, 0.1) is 0 Å². The predicted molar refractivity (Wildman–Crippen MR) is 127 cm³/mol. The van der Waals surface area contributed by atoms with Gasteiger partial charge in [-0.1, -0.05) is 53.5 Å². The zero-order chi connectivity index (χ0) is 23.5. The number of halogens is 2. The zero-order valence-electron chi connectivity index (χ0n) is 17.1. The lowest BCUT2D eigenvalue weighted by molar-refractivity contribution is 0.0983. The van der Waals surface area contributed by atoms with Gasteiger partial charge < -0.3 is 10.2 Å². The Kier molecular flexibility index (Phi) is 6.39. The predicted octanol–water partition coefficient (Wildman–Crippen LogP) is 3.91. The fourth-order valence-corrected chi connectivity index (χ4v) is 3.75. The van der Waals surface area contributed by atoms with Gasteiger partial charge in [-0.3, -0.25) is 24.0 Å². The first-order chi connectivity index (χ1) is 15.8. The van der Waals surface area contributed by atoms with Gasteiger partial charge in [0.05, 0.1) is 29.9 Å². The van der Waals surface area contributed by atoms with E-state index in [-0.39, 0.29) is 40.2 Å². The maximum atomic E-state index is 13.5. The number of nitrogens with one attached hydrogen (secondary N) is 1. The third-order valence-corrected chi connectivity index (χ3v) is 5.53. The summed E-state index contributed by atoms with van der Waals surface area (Å²) >= 11 is 12.3. The summed E-state index contributed by atoms with van der Waals surface area (Å²) in [5.41, 5.74) is 5.43. The fourth-order valence-electron chi connectivity index (χ4n) is 3.38. The van der Waals surface area contributed by atoms with Gasteiger partial charge in [0.1, 0.15) is 11.6 Å². The van der Waals surface area contributed by atoms with E-state index < -0.39 is 17.2 Å². The summed E-state index contributed by atoms with van der Waals surface area (Å²) in [4.78, 5) is 42.4. The van der Waals surface area contributed by atoms with Gasteiger partial charge in [0.2, 0.25) is 0 Å². The van der Waals surface area contributed by atoms with Crippen LogP contribution in [0.25, 0.3) is 0 Å². The van der Waals surface area contributed by atoms with Gasteiger partial charge in [-0.25, -0.2) is 4.79 Å². The number of hydrogen-bond acceptors (Lipinski definition) is 5. The van der Waals surface area contributed by atoms with Crippen molar-refractivity contribution >= 4 is 40.6 Å². The number of benzene rings is 2. The lowest BCUT2D eigenvalue weighted by atomic mass is 10.1. The molecule has 10 heteroatoms. The van der Waals surface area contributed by atoms with E-state index in [1.165, 1.54) is 23.0 Å². The number of amides is 1. The molecule has 8 nitrogen and oxygen atoms in total. The molecule has 1 amide bonds. The molecule has 168 valence electrons. The fraction of sp³-hybridized carbons (Fsp3) is 0.0870. The largest absolute Gasteiger partial charge is 0.467 e. The van der Waals surface area contributed by atoms with Crippen molar-refractivity contribution in [3.05, 3.63) is 115 Å². The Morgan fingerprint density at radius 1 is 1.06 bits per heavy atom. The topological polar surface area (TPSA) is 114 Å². The number of carbonyl (C=O) groups is 1. The third kappa shape index (κ3) is 4.72. The highest BCUT2D eigenvalue weighted by atomic mass is 35.5. The minimum atomic E-state index is -0.820. The number of aromatic amines is 1. The highest BCUT2D eigenvalue weighted by molar-refractivity contribution is 6.36. The van der Waals surface area contributed by atoms with E-state index in [9.17, 15) is 14.4 Å². The molecule has 3 N–H and O–H groups in total. The van der Waals surface area contributed by atoms with Crippen LogP contribution in [0.3, 0.4) is 0 Å². The molecule has 4 rings (SSSR count). The van der Waals surface area contributed by atoms with Crippen LogP contribution < -0.4 is 21.9 Å². The SMILES string of the molecule is Nc1c(N(Cc2ccco2)C(=O)c2cc(Cl)ccc2Cl)c(=O)[nH]c(=O)n1Cc1ccccc1. The summed E-state index contributed by atoms with van der Waals surface area (Å²) in [5.74, 6) is -0.423. The van der Waals surface area contributed by atoms with Crippen molar-refractivity contribution in [2.75, 3.05) is 10.6 Å². The molecule has 0 aliphatic heterocycles. The van der Waals surface area contributed by atoms with Gasteiger partial charge in [-0.2, -0.15) is 0 Å². The molecule has 0 fully saturated rings. The molecule has 33 heavy (non-hydrogen) atoms. The van der Waals surface area contributed by atoms with Gasteiger partial charge in [-0.05, 0) is 35.9 Å². The van der Waals surface area contributed by atoms with Gasteiger partial charge in [0.25, 0.3) is 11.5 Å². The normalized spacial score (nSPS) is 10.8. The molecule has 0 spiro atoms. The van der Waals surface area contributed by atoms with E-state index in [4.69, 9.17) is 33.4 Å². The van der Waals surface area contributed by atoms with Crippen molar-refractivity contribution in [1.29, 1.82) is 0 Å². The van der Waals surface area contributed by atoms with E-state index >= 15 is 0 Å². The monoisotopic (exact) mass is 484 g/mol. The Morgan fingerprint density at radius 2 is 1.82 bits per heavy atom. The quantitative estimate of drug-likeness (QED) is 0.430. The summed E-state index contributed by atoms with van der Waals surface area (Å²) in [5, 5.41) is 0.429. The number of H-pyrrole nitrogens is 1. The summed E-state index contributed by atoms with van der Waals surface area (Å²) in [6.45, 7) is -0.0402. The van der Waals surface area contributed by atoms with Crippen LogP contribution in [-0.2, 0) is 13.1 Å². The van der Waals surface area contributed by atoms with Gasteiger partial charge in [0, 0.05) is 5.02 Å². The van der Waals surface area contributed by atoms with Crippen molar-refractivity contribution in [3.8, 4) is 0 Å². The Balaban J connectivity index is 1.87. The molecule has 0 bridgehead atoms. The number of carbonyl (C=O) groups excluding carboxylic acids is 1. The van der Waals surface area contributed by atoms with Gasteiger partial charge in [-0.15, -0.1) is 0 Å². The first-order valence-electron chi connectivity index (χ1n) is 9.81. The van der Waals surface area contributed by atoms with Gasteiger partial charge >= 0.3 is 5.69 Å². The summed E-state index contributed by atoms with van der Waals surface area (Å²) in [6.07, 6.45) is 1.44. The Hall–Kier alpha value is -3.75. The number of furan rings is 1. The molecular weight excluding hydrogens is 467 g/mol. The van der Waals surface area contributed by atoms with E-state index in [1.54, 1.807) is 18.2 Å². The first-order valence-corrected chi connectivity index (χ1v) is 10.6. The second-order valence-corrected chi connectivity index (χ2v) is 8.00. The van der Waals surface area contributed by atoms with Crippen molar-refractivity contribution in [1.82, 2.24) is 9.55 Å². The number of hydrogen-bond donors (Lipinski definition) is 2. The molecule has 4 aromatic rings. The maximum absolute atomic E-state index is 13.5. The van der Waals surface area contributed by atoms with Crippen LogP contribution in [0.2, 0.25) is 10.0 Å². The zero-order valence-corrected chi connectivity index (χ0v) is 18.6. The average molecular weight is 485 g/mol. The van der Waals surface area contributed by atoms with Crippen LogP contribution in [0.15, 0.2) is 80.9 Å². The average Bonchev–Trinajstić information content (AvgIpc) is 3.31. The molecule has 0 unspecified atom stereocenters.